The Morgan fingerprint density at radius 1 is 0.757 bits per heavy atom. The van der Waals surface area contributed by atoms with Crippen LogP contribution in [-0.2, 0) is 4.74 Å². The summed E-state index contributed by atoms with van der Waals surface area (Å²) in [7, 11) is 3.06. The van der Waals surface area contributed by atoms with Crippen molar-refractivity contribution in [3.8, 4) is 39.4 Å². The molecule has 0 aliphatic heterocycles. The minimum absolute atomic E-state index is 0.365. The zero-order chi connectivity index (χ0) is 25.4. The largest absolute Gasteiger partial charge is 0.497 e. The second kappa shape index (κ2) is 9.28. The van der Waals surface area contributed by atoms with Gasteiger partial charge in [-0.25, -0.2) is 9.78 Å². The van der Waals surface area contributed by atoms with Gasteiger partial charge in [0.1, 0.15) is 5.75 Å². The summed E-state index contributed by atoms with van der Waals surface area (Å²) in [5.74, 6) is 0.435. The van der Waals surface area contributed by atoms with Crippen LogP contribution in [0.3, 0.4) is 0 Å². The van der Waals surface area contributed by atoms with Crippen molar-refractivity contribution in [2.24, 2.45) is 0 Å². The maximum atomic E-state index is 12.3. The van der Waals surface area contributed by atoms with Crippen molar-refractivity contribution >= 4 is 27.8 Å². The standard InChI is InChI=1S/C32H24N2O3/c1-36-23-16-14-20(15-17-23)29-19-26(24-10-3-5-12-27(24)33-29)30-25-11-4-6-13-28(25)34-31(30)21-8-7-9-22(18-21)32(35)37-2/h3-19,34H,1-2H3. The van der Waals surface area contributed by atoms with Gasteiger partial charge in [0.05, 0.1) is 36.7 Å². The third-order valence-corrected chi connectivity index (χ3v) is 6.65. The van der Waals surface area contributed by atoms with Crippen molar-refractivity contribution in [1.82, 2.24) is 9.97 Å². The average Bonchev–Trinajstić information content (AvgIpc) is 3.36. The maximum absolute atomic E-state index is 12.3. The van der Waals surface area contributed by atoms with E-state index in [9.17, 15) is 4.79 Å². The van der Waals surface area contributed by atoms with Crippen LogP contribution >= 0.6 is 0 Å². The van der Waals surface area contributed by atoms with Gasteiger partial charge in [0, 0.05) is 27.4 Å². The maximum Gasteiger partial charge on any atom is 0.337 e. The number of H-pyrrole nitrogens is 1. The lowest BCUT2D eigenvalue weighted by molar-refractivity contribution is 0.0601. The molecule has 0 radical (unpaired) electrons. The molecule has 1 N–H and O–H groups in total. The van der Waals surface area contributed by atoms with Gasteiger partial charge >= 0.3 is 5.97 Å². The number of aromatic amines is 1. The van der Waals surface area contributed by atoms with E-state index in [0.29, 0.717) is 5.56 Å². The predicted octanol–water partition coefficient (Wildman–Crippen LogP) is 7.51. The average molecular weight is 485 g/mol. The molecule has 5 nitrogen and oxygen atoms in total. The molecule has 0 atom stereocenters. The fourth-order valence-electron chi connectivity index (χ4n) is 4.85. The zero-order valence-corrected chi connectivity index (χ0v) is 20.5. The molecular weight excluding hydrogens is 460 g/mol. The van der Waals surface area contributed by atoms with Crippen LogP contribution in [0.1, 0.15) is 10.4 Å². The number of ether oxygens (including phenoxy) is 2. The first-order valence-corrected chi connectivity index (χ1v) is 12.0. The Balaban J connectivity index is 1.65. The number of pyridine rings is 1. The molecule has 0 aliphatic rings. The van der Waals surface area contributed by atoms with E-state index in [1.807, 2.05) is 72.8 Å². The van der Waals surface area contributed by atoms with E-state index >= 15 is 0 Å². The van der Waals surface area contributed by atoms with Crippen LogP contribution in [0.2, 0.25) is 0 Å². The Labute approximate surface area is 214 Å². The number of carbonyl (C=O) groups excluding carboxylic acids is 1. The molecule has 2 aromatic heterocycles. The molecule has 0 unspecified atom stereocenters. The van der Waals surface area contributed by atoms with E-state index in [0.717, 1.165) is 61.2 Å². The first-order valence-electron chi connectivity index (χ1n) is 12.0. The van der Waals surface area contributed by atoms with Crippen molar-refractivity contribution in [1.29, 1.82) is 0 Å². The number of carbonyl (C=O) groups is 1. The quantitative estimate of drug-likeness (QED) is 0.257. The third kappa shape index (κ3) is 4.00. The summed E-state index contributed by atoms with van der Waals surface area (Å²) in [6.45, 7) is 0. The molecule has 0 bridgehead atoms. The van der Waals surface area contributed by atoms with E-state index in [1.54, 1.807) is 13.2 Å². The molecule has 2 heterocycles. The predicted molar refractivity (Wildman–Crippen MR) is 148 cm³/mol. The van der Waals surface area contributed by atoms with Gasteiger partial charge in [0.15, 0.2) is 0 Å². The Hall–Kier alpha value is -4.90. The topological polar surface area (TPSA) is 64.2 Å². The smallest absolute Gasteiger partial charge is 0.337 e. The van der Waals surface area contributed by atoms with Gasteiger partial charge in [-0.15, -0.1) is 0 Å². The molecule has 0 amide bonds. The summed E-state index contributed by atoms with van der Waals surface area (Å²) < 4.78 is 10.3. The fourth-order valence-corrected chi connectivity index (χ4v) is 4.85. The molecule has 0 saturated carbocycles. The highest BCUT2D eigenvalue weighted by atomic mass is 16.5. The number of para-hydroxylation sites is 2. The number of hydrogen-bond acceptors (Lipinski definition) is 4. The number of aromatic nitrogens is 2. The van der Waals surface area contributed by atoms with E-state index in [-0.39, 0.29) is 5.97 Å². The second-order valence-corrected chi connectivity index (χ2v) is 8.79. The molecule has 5 heteroatoms. The van der Waals surface area contributed by atoms with Crippen LogP contribution in [-0.4, -0.2) is 30.2 Å². The van der Waals surface area contributed by atoms with E-state index < -0.39 is 0 Å². The highest BCUT2D eigenvalue weighted by molar-refractivity contribution is 6.10. The third-order valence-electron chi connectivity index (χ3n) is 6.65. The molecule has 4 aromatic carbocycles. The molecule has 0 fully saturated rings. The lowest BCUT2D eigenvalue weighted by Gasteiger charge is -2.13. The van der Waals surface area contributed by atoms with Gasteiger partial charge in [-0.3, -0.25) is 0 Å². The van der Waals surface area contributed by atoms with Crippen LogP contribution in [0.15, 0.2) is 103 Å². The molecule has 6 rings (SSSR count). The van der Waals surface area contributed by atoms with Crippen molar-refractivity contribution in [3.63, 3.8) is 0 Å². The van der Waals surface area contributed by atoms with Crippen molar-refractivity contribution < 1.29 is 14.3 Å². The number of benzene rings is 4. The SMILES string of the molecule is COC(=O)c1cccc(-c2[nH]c3ccccc3c2-c2cc(-c3ccc(OC)cc3)nc3ccccc23)c1. The van der Waals surface area contributed by atoms with Gasteiger partial charge in [-0.05, 0) is 65.7 Å². The minimum atomic E-state index is -0.365. The molecule has 180 valence electrons. The molecular formula is C32H24N2O3. The number of nitrogens with zero attached hydrogens (tertiary/aromatic N) is 1. The second-order valence-electron chi connectivity index (χ2n) is 8.79. The molecule has 0 aliphatic carbocycles. The Morgan fingerprint density at radius 2 is 1.51 bits per heavy atom. The van der Waals surface area contributed by atoms with Crippen LogP contribution < -0.4 is 4.74 Å². The van der Waals surface area contributed by atoms with Crippen LogP contribution in [0, 0.1) is 0 Å². The van der Waals surface area contributed by atoms with Crippen LogP contribution in [0.5, 0.6) is 5.75 Å². The van der Waals surface area contributed by atoms with Gasteiger partial charge in [-0.1, -0.05) is 48.5 Å². The summed E-state index contributed by atoms with van der Waals surface area (Å²) in [6, 6.07) is 34.0. The Morgan fingerprint density at radius 3 is 2.30 bits per heavy atom. The lowest BCUT2D eigenvalue weighted by atomic mass is 9.93. The number of methoxy groups -OCH3 is 2. The van der Waals surface area contributed by atoms with E-state index in [4.69, 9.17) is 14.5 Å². The van der Waals surface area contributed by atoms with Gasteiger partial charge < -0.3 is 14.5 Å². The zero-order valence-electron chi connectivity index (χ0n) is 20.5. The minimum Gasteiger partial charge on any atom is -0.497 e. The monoisotopic (exact) mass is 484 g/mol. The molecule has 6 aromatic rings. The van der Waals surface area contributed by atoms with Gasteiger partial charge in [0.2, 0.25) is 0 Å². The Bertz CT molecular complexity index is 1770. The van der Waals surface area contributed by atoms with Gasteiger partial charge in [-0.2, -0.15) is 0 Å². The summed E-state index contributed by atoms with van der Waals surface area (Å²) in [6.07, 6.45) is 0. The molecule has 0 saturated heterocycles. The number of hydrogen-bond donors (Lipinski definition) is 1. The highest BCUT2D eigenvalue weighted by Crippen LogP contribution is 2.42. The van der Waals surface area contributed by atoms with Crippen LogP contribution in [0.25, 0.3) is 55.4 Å². The first-order chi connectivity index (χ1) is 18.2. The molecule has 37 heavy (non-hydrogen) atoms. The summed E-state index contributed by atoms with van der Waals surface area (Å²) >= 11 is 0. The molecule has 0 spiro atoms. The lowest BCUT2D eigenvalue weighted by Crippen LogP contribution is -2.01. The van der Waals surface area contributed by atoms with Crippen molar-refractivity contribution in [2.75, 3.05) is 14.2 Å². The first kappa shape index (κ1) is 22.6. The summed E-state index contributed by atoms with van der Waals surface area (Å²) in [5.41, 5.74) is 8.26. The highest BCUT2D eigenvalue weighted by Gasteiger charge is 2.20. The normalized spacial score (nSPS) is 11.1. The van der Waals surface area contributed by atoms with Crippen molar-refractivity contribution in [3.05, 3.63) is 109 Å². The number of nitrogens with one attached hydrogen (secondary N) is 1. The van der Waals surface area contributed by atoms with E-state index in [2.05, 4.69) is 29.2 Å². The van der Waals surface area contributed by atoms with E-state index in [1.165, 1.54) is 7.11 Å². The van der Waals surface area contributed by atoms with Crippen LogP contribution in [0.4, 0.5) is 0 Å². The number of fused-ring (bicyclic) bond motifs is 2. The van der Waals surface area contributed by atoms with Crippen molar-refractivity contribution in [2.45, 2.75) is 0 Å². The summed E-state index contributed by atoms with van der Waals surface area (Å²) in [5, 5.41) is 2.15. The fraction of sp³-hybridized carbons (Fsp3) is 0.0625. The van der Waals surface area contributed by atoms with Gasteiger partial charge in [0.25, 0.3) is 0 Å². The number of rotatable bonds is 5. The number of esters is 1. The summed E-state index contributed by atoms with van der Waals surface area (Å²) in [4.78, 5) is 20.9. The Kier molecular flexibility index (Phi) is 5.66.